The van der Waals surface area contributed by atoms with Crippen LogP contribution in [0.4, 0.5) is 0 Å². The first-order valence-corrected chi connectivity index (χ1v) is 5.39. The van der Waals surface area contributed by atoms with Crippen molar-refractivity contribution in [1.29, 1.82) is 0 Å². The number of hydrogen-bond donors (Lipinski definition) is 0. The Morgan fingerprint density at radius 3 is 2.56 bits per heavy atom. The number of rotatable bonds is 3. The Hall–Kier alpha value is -2.69. The highest BCUT2D eigenvalue weighted by Crippen LogP contribution is 2.22. The van der Waals surface area contributed by atoms with Crippen molar-refractivity contribution in [2.24, 2.45) is 0 Å². The van der Waals surface area contributed by atoms with E-state index in [4.69, 9.17) is 4.42 Å². The second-order valence-corrected chi connectivity index (χ2v) is 3.71. The standard InChI is InChI=1S/C13H9N3O2/c17-9-12-5-6-13(18-12)10-1-3-11(4-2-10)16-8-7-14-15-16/h1-9H. The fourth-order valence-corrected chi connectivity index (χ4v) is 1.70. The number of hydrogen-bond acceptors (Lipinski definition) is 4. The smallest absolute Gasteiger partial charge is 0.185 e. The van der Waals surface area contributed by atoms with E-state index in [0.717, 1.165) is 11.3 Å². The van der Waals surface area contributed by atoms with Crippen LogP contribution in [-0.2, 0) is 0 Å². The number of carbonyl (C=O) groups is 1. The minimum atomic E-state index is 0.324. The van der Waals surface area contributed by atoms with Gasteiger partial charge < -0.3 is 4.42 Å². The van der Waals surface area contributed by atoms with Gasteiger partial charge in [0.1, 0.15) is 5.76 Å². The second kappa shape index (κ2) is 4.29. The molecule has 0 saturated heterocycles. The molecule has 0 radical (unpaired) electrons. The summed E-state index contributed by atoms with van der Waals surface area (Å²) in [5, 5.41) is 7.65. The topological polar surface area (TPSA) is 60.9 Å². The second-order valence-electron chi connectivity index (χ2n) is 3.71. The third-order valence-electron chi connectivity index (χ3n) is 2.58. The average Bonchev–Trinajstić information content (AvgIpc) is 3.10. The van der Waals surface area contributed by atoms with Crippen LogP contribution in [0.15, 0.2) is 53.2 Å². The highest BCUT2D eigenvalue weighted by molar-refractivity contribution is 5.72. The number of benzene rings is 1. The molecule has 0 aliphatic heterocycles. The molecule has 0 N–H and O–H groups in total. The third-order valence-corrected chi connectivity index (χ3v) is 2.58. The number of furan rings is 1. The maximum absolute atomic E-state index is 10.5. The number of aromatic nitrogens is 3. The summed E-state index contributed by atoms with van der Waals surface area (Å²) in [6, 6.07) is 11.1. The number of nitrogens with zero attached hydrogens (tertiary/aromatic N) is 3. The monoisotopic (exact) mass is 239 g/mol. The van der Waals surface area contributed by atoms with E-state index in [1.165, 1.54) is 0 Å². The quantitative estimate of drug-likeness (QED) is 0.658. The van der Waals surface area contributed by atoms with Crippen molar-refractivity contribution < 1.29 is 9.21 Å². The first kappa shape index (κ1) is 10.5. The molecule has 3 rings (SSSR count). The summed E-state index contributed by atoms with van der Waals surface area (Å²) in [6.07, 6.45) is 4.08. The Morgan fingerprint density at radius 2 is 1.94 bits per heavy atom. The molecule has 3 aromatic rings. The van der Waals surface area contributed by atoms with Crippen LogP contribution in [-0.4, -0.2) is 21.3 Å². The highest BCUT2D eigenvalue weighted by atomic mass is 16.3. The molecule has 0 spiro atoms. The van der Waals surface area contributed by atoms with Crippen LogP contribution in [0, 0.1) is 0 Å². The molecule has 0 saturated carbocycles. The number of carbonyl (C=O) groups excluding carboxylic acids is 1. The molecule has 0 fully saturated rings. The van der Waals surface area contributed by atoms with E-state index in [0.29, 0.717) is 17.8 Å². The Balaban J connectivity index is 1.93. The summed E-state index contributed by atoms with van der Waals surface area (Å²) < 4.78 is 7.02. The molecule has 2 heterocycles. The summed E-state index contributed by atoms with van der Waals surface area (Å²) in [7, 11) is 0. The van der Waals surface area contributed by atoms with Gasteiger partial charge in [0.15, 0.2) is 12.0 Å². The summed E-state index contributed by atoms with van der Waals surface area (Å²) in [6.45, 7) is 0. The van der Waals surface area contributed by atoms with Crippen molar-refractivity contribution in [3.05, 3.63) is 54.6 Å². The average molecular weight is 239 g/mol. The fourth-order valence-electron chi connectivity index (χ4n) is 1.70. The van der Waals surface area contributed by atoms with Gasteiger partial charge in [-0.05, 0) is 36.4 Å². The van der Waals surface area contributed by atoms with Crippen LogP contribution < -0.4 is 0 Å². The summed E-state index contributed by atoms with van der Waals surface area (Å²) in [4.78, 5) is 10.5. The Morgan fingerprint density at radius 1 is 1.11 bits per heavy atom. The lowest BCUT2D eigenvalue weighted by Gasteiger charge is -2.01. The Kier molecular flexibility index (Phi) is 2.49. The molecular formula is C13H9N3O2. The normalized spacial score (nSPS) is 10.4. The van der Waals surface area contributed by atoms with Crippen LogP contribution in [0.5, 0.6) is 0 Å². The van der Waals surface area contributed by atoms with Gasteiger partial charge in [0.05, 0.1) is 18.1 Å². The Labute approximate surface area is 103 Å². The van der Waals surface area contributed by atoms with E-state index in [1.807, 2.05) is 24.3 Å². The third kappa shape index (κ3) is 1.82. The van der Waals surface area contributed by atoms with Crippen LogP contribution in [0.25, 0.3) is 17.0 Å². The molecule has 18 heavy (non-hydrogen) atoms. The Bertz CT molecular complexity index is 654. The van der Waals surface area contributed by atoms with Crippen LogP contribution in [0.1, 0.15) is 10.6 Å². The van der Waals surface area contributed by atoms with Crippen LogP contribution >= 0.6 is 0 Å². The van der Waals surface area contributed by atoms with Gasteiger partial charge in [-0.2, -0.15) is 0 Å². The van der Waals surface area contributed by atoms with E-state index in [9.17, 15) is 4.79 Å². The van der Waals surface area contributed by atoms with E-state index in [1.54, 1.807) is 29.2 Å². The molecule has 88 valence electrons. The van der Waals surface area contributed by atoms with Crippen molar-refractivity contribution in [1.82, 2.24) is 15.0 Å². The summed E-state index contributed by atoms with van der Waals surface area (Å²) in [5.74, 6) is 0.993. The molecule has 2 aromatic heterocycles. The minimum Gasteiger partial charge on any atom is -0.453 e. The zero-order valence-electron chi connectivity index (χ0n) is 9.35. The first-order chi connectivity index (χ1) is 8.86. The van der Waals surface area contributed by atoms with Crippen molar-refractivity contribution in [3.8, 4) is 17.0 Å². The van der Waals surface area contributed by atoms with Gasteiger partial charge in [-0.15, -0.1) is 5.10 Å². The van der Waals surface area contributed by atoms with Gasteiger partial charge in [-0.1, -0.05) is 5.21 Å². The molecule has 5 nitrogen and oxygen atoms in total. The first-order valence-electron chi connectivity index (χ1n) is 5.39. The SMILES string of the molecule is O=Cc1ccc(-c2ccc(-n3ccnn3)cc2)o1. The molecule has 0 atom stereocenters. The molecule has 0 aliphatic carbocycles. The largest absolute Gasteiger partial charge is 0.453 e. The summed E-state index contributed by atoms with van der Waals surface area (Å²) >= 11 is 0. The van der Waals surface area contributed by atoms with Gasteiger partial charge in [-0.3, -0.25) is 4.79 Å². The molecule has 1 aromatic carbocycles. The van der Waals surface area contributed by atoms with Crippen LogP contribution in [0.3, 0.4) is 0 Å². The van der Waals surface area contributed by atoms with E-state index in [-0.39, 0.29) is 0 Å². The predicted molar refractivity (Wildman–Crippen MR) is 64.4 cm³/mol. The molecule has 0 amide bonds. The lowest BCUT2D eigenvalue weighted by molar-refractivity contribution is 0.110. The number of aldehydes is 1. The lowest BCUT2D eigenvalue weighted by Crippen LogP contribution is -1.94. The van der Waals surface area contributed by atoms with Crippen molar-refractivity contribution >= 4 is 6.29 Å². The van der Waals surface area contributed by atoms with Gasteiger partial charge in [0, 0.05) is 5.56 Å². The minimum absolute atomic E-state index is 0.324. The van der Waals surface area contributed by atoms with Gasteiger partial charge in [0.2, 0.25) is 0 Å². The summed E-state index contributed by atoms with van der Waals surface area (Å²) in [5.41, 5.74) is 1.82. The maximum Gasteiger partial charge on any atom is 0.185 e. The van der Waals surface area contributed by atoms with E-state index in [2.05, 4.69) is 10.3 Å². The van der Waals surface area contributed by atoms with Gasteiger partial charge in [0.25, 0.3) is 0 Å². The predicted octanol–water partition coefficient (Wildman–Crippen LogP) is 2.34. The molecule has 5 heteroatoms. The van der Waals surface area contributed by atoms with Crippen molar-refractivity contribution in [2.45, 2.75) is 0 Å². The van der Waals surface area contributed by atoms with E-state index < -0.39 is 0 Å². The zero-order valence-corrected chi connectivity index (χ0v) is 9.35. The van der Waals surface area contributed by atoms with Gasteiger partial charge in [-0.25, -0.2) is 4.68 Å². The zero-order chi connectivity index (χ0) is 12.4. The molecule has 0 aliphatic rings. The molecule has 0 unspecified atom stereocenters. The maximum atomic E-state index is 10.5. The van der Waals surface area contributed by atoms with Crippen LogP contribution in [0.2, 0.25) is 0 Å². The molecular weight excluding hydrogens is 230 g/mol. The van der Waals surface area contributed by atoms with E-state index >= 15 is 0 Å². The molecule has 0 bridgehead atoms. The van der Waals surface area contributed by atoms with Crippen molar-refractivity contribution in [2.75, 3.05) is 0 Å². The van der Waals surface area contributed by atoms with Gasteiger partial charge >= 0.3 is 0 Å². The highest BCUT2D eigenvalue weighted by Gasteiger charge is 2.04. The fraction of sp³-hybridized carbons (Fsp3) is 0. The lowest BCUT2D eigenvalue weighted by atomic mass is 10.1. The van der Waals surface area contributed by atoms with Crippen molar-refractivity contribution in [3.63, 3.8) is 0 Å².